The van der Waals surface area contributed by atoms with Crippen molar-refractivity contribution in [1.29, 1.82) is 0 Å². The maximum absolute atomic E-state index is 9.69. The quantitative estimate of drug-likeness (QED) is 0.749. The monoisotopic (exact) mass is 217 g/mol. The Labute approximate surface area is 89.8 Å². The molecular weight excluding hydrogens is 198 g/mol. The third-order valence-corrected chi connectivity index (χ3v) is 4.26. The van der Waals surface area contributed by atoms with E-state index in [0.717, 1.165) is 18.3 Å². The van der Waals surface area contributed by atoms with Gasteiger partial charge in [0.2, 0.25) is 0 Å². The summed E-state index contributed by atoms with van der Waals surface area (Å²) < 4.78 is 5.28. The van der Waals surface area contributed by atoms with E-state index in [-0.39, 0.29) is 12.1 Å². The van der Waals surface area contributed by atoms with E-state index in [4.69, 9.17) is 4.74 Å². The Balaban J connectivity index is 1.82. The first kappa shape index (κ1) is 10.7. The number of thioether (sulfide) groups is 1. The zero-order valence-corrected chi connectivity index (χ0v) is 9.50. The fourth-order valence-electron chi connectivity index (χ4n) is 2.31. The molecule has 1 N–H and O–H groups in total. The normalized spacial score (nSPS) is 39.4. The predicted octanol–water partition coefficient (Wildman–Crippen LogP) is 0.574. The molecule has 2 aliphatic rings. The van der Waals surface area contributed by atoms with Crippen LogP contribution in [0, 0.1) is 0 Å². The van der Waals surface area contributed by atoms with Crippen molar-refractivity contribution in [2.75, 3.05) is 32.1 Å². The summed E-state index contributed by atoms with van der Waals surface area (Å²) in [7, 11) is 0. The largest absolute Gasteiger partial charge is 0.389 e. The molecule has 82 valence electrons. The number of hydrogen-bond acceptors (Lipinski definition) is 4. The molecule has 0 aliphatic carbocycles. The SMILES string of the molecule is CCSC1CCN(C2COCC2O)C1. The van der Waals surface area contributed by atoms with Gasteiger partial charge in [-0.05, 0) is 18.7 Å². The lowest BCUT2D eigenvalue weighted by molar-refractivity contribution is 0.0950. The third kappa shape index (κ3) is 2.24. The van der Waals surface area contributed by atoms with Crippen LogP contribution in [0.2, 0.25) is 0 Å². The van der Waals surface area contributed by atoms with Gasteiger partial charge in [-0.2, -0.15) is 11.8 Å². The van der Waals surface area contributed by atoms with Crippen LogP contribution in [0.4, 0.5) is 0 Å². The maximum atomic E-state index is 9.69. The molecule has 0 aromatic carbocycles. The van der Waals surface area contributed by atoms with E-state index in [9.17, 15) is 5.11 Å². The smallest absolute Gasteiger partial charge is 0.0950 e. The molecular formula is C10H19NO2S. The van der Waals surface area contributed by atoms with Gasteiger partial charge in [-0.15, -0.1) is 0 Å². The van der Waals surface area contributed by atoms with Crippen molar-refractivity contribution in [1.82, 2.24) is 4.90 Å². The standard InChI is InChI=1S/C10H19NO2S/c1-2-14-8-3-4-11(5-8)9-6-13-7-10(9)12/h8-10,12H,2-7H2,1H3. The van der Waals surface area contributed by atoms with Gasteiger partial charge in [-0.25, -0.2) is 0 Å². The fourth-order valence-corrected chi connectivity index (χ4v) is 3.35. The van der Waals surface area contributed by atoms with Crippen LogP contribution < -0.4 is 0 Å². The Bertz CT molecular complexity index is 191. The minimum Gasteiger partial charge on any atom is -0.389 e. The lowest BCUT2D eigenvalue weighted by atomic mass is 10.2. The third-order valence-electron chi connectivity index (χ3n) is 3.07. The van der Waals surface area contributed by atoms with Gasteiger partial charge in [0, 0.05) is 11.8 Å². The molecule has 14 heavy (non-hydrogen) atoms. The van der Waals surface area contributed by atoms with Crippen LogP contribution in [0.5, 0.6) is 0 Å². The molecule has 0 radical (unpaired) electrons. The summed E-state index contributed by atoms with van der Waals surface area (Å²) in [4.78, 5) is 2.39. The minimum absolute atomic E-state index is 0.262. The highest BCUT2D eigenvalue weighted by Crippen LogP contribution is 2.26. The summed E-state index contributed by atoms with van der Waals surface area (Å²) in [6, 6.07) is 0.262. The molecule has 2 saturated heterocycles. The molecule has 0 saturated carbocycles. The van der Waals surface area contributed by atoms with Crippen LogP contribution in [0.1, 0.15) is 13.3 Å². The lowest BCUT2D eigenvalue weighted by Crippen LogP contribution is -2.41. The second-order valence-electron chi connectivity index (χ2n) is 4.03. The molecule has 0 spiro atoms. The summed E-state index contributed by atoms with van der Waals surface area (Å²) in [6.07, 6.45) is 1.00. The van der Waals surface area contributed by atoms with Gasteiger partial charge in [0.05, 0.1) is 25.4 Å². The maximum Gasteiger partial charge on any atom is 0.0950 e. The Morgan fingerprint density at radius 1 is 1.50 bits per heavy atom. The first-order valence-corrected chi connectivity index (χ1v) is 6.47. The number of likely N-dealkylation sites (tertiary alicyclic amines) is 1. The van der Waals surface area contributed by atoms with Crippen LogP contribution in [0.3, 0.4) is 0 Å². The Morgan fingerprint density at radius 3 is 3.00 bits per heavy atom. The highest BCUT2D eigenvalue weighted by Gasteiger charge is 2.35. The van der Waals surface area contributed by atoms with Crippen molar-refractivity contribution in [3.05, 3.63) is 0 Å². The van der Waals surface area contributed by atoms with Crippen molar-refractivity contribution in [3.8, 4) is 0 Å². The van der Waals surface area contributed by atoms with E-state index in [1.807, 2.05) is 11.8 Å². The van der Waals surface area contributed by atoms with Gasteiger partial charge in [0.1, 0.15) is 0 Å². The second kappa shape index (κ2) is 4.84. The summed E-state index contributed by atoms with van der Waals surface area (Å²) in [5.74, 6) is 1.20. The van der Waals surface area contributed by atoms with Gasteiger partial charge in [0.25, 0.3) is 0 Å². The first-order valence-electron chi connectivity index (χ1n) is 5.42. The molecule has 3 nitrogen and oxygen atoms in total. The van der Waals surface area contributed by atoms with Crippen molar-refractivity contribution < 1.29 is 9.84 Å². The molecule has 3 unspecified atom stereocenters. The van der Waals surface area contributed by atoms with E-state index < -0.39 is 0 Å². The van der Waals surface area contributed by atoms with Crippen LogP contribution in [0.25, 0.3) is 0 Å². The molecule has 2 heterocycles. The molecule has 0 aromatic heterocycles. The molecule has 0 amide bonds. The van der Waals surface area contributed by atoms with Crippen LogP contribution in [-0.4, -0.2) is 59.5 Å². The number of rotatable bonds is 3. The zero-order valence-electron chi connectivity index (χ0n) is 8.69. The molecule has 0 bridgehead atoms. The second-order valence-corrected chi connectivity index (χ2v) is 5.61. The van der Waals surface area contributed by atoms with Crippen LogP contribution in [0.15, 0.2) is 0 Å². The van der Waals surface area contributed by atoms with E-state index >= 15 is 0 Å². The minimum atomic E-state index is -0.264. The molecule has 2 aliphatic heterocycles. The number of aliphatic hydroxyl groups excluding tert-OH is 1. The average molecular weight is 217 g/mol. The van der Waals surface area contributed by atoms with Crippen LogP contribution in [-0.2, 0) is 4.74 Å². The highest BCUT2D eigenvalue weighted by molar-refractivity contribution is 7.99. The van der Waals surface area contributed by atoms with Crippen molar-refractivity contribution in [2.45, 2.75) is 30.7 Å². The van der Waals surface area contributed by atoms with Crippen LogP contribution >= 0.6 is 11.8 Å². The van der Waals surface area contributed by atoms with Gasteiger partial charge in [0.15, 0.2) is 0 Å². The number of aliphatic hydroxyl groups is 1. The van der Waals surface area contributed by atoms with E-state index in [1.54, 1.807) is 0 Å². The topological polar surface area (TPSA) is 32.7 Å². The number of ether oxygens (including phenoxy) is 1. The van der Waals surface area contributed by atoms with E-state index in [0.29, 0.717) is 13.2 Å². The van der Waals surface area contributed by atoms with Gasteiger partial charge in [-0.3, -0.25) is 4.90 Å². The summed E-state index contributed by atoms with van der Waals surface area (Å²) in [5, 5.41) is 10.5. The summed E-state index contributed by atoms with van der Waals surface area (Å²) in [5.41, 5.74) is 0. The fraction of sp³-hybridized carbons (Fsp3) is 1.00. The Morgan fingerprint density at radius 2 is 2.36 bits per heavy atom. The number of nitrogens with zero attached hydrogens (tertiary/aromatic N) is 1. The average Bonchev–Trinajstić information content (AvgIpc) is 2.74. The van der Waals surface area contributed by atoms with Crippen molar-refractivity contribution >= 4 is 11.8 Å². The Hall–Kier alpha value is 0.230. The molecule has 2 rings (SSSR count). The van der Waals surface area contributed by atoms with E-state index in [2.05, 4.69) is 11.8 Å². The Kier molecular flexibility index (Phi) is 3.71. The van der Waals surface area contributed by atoms with Gasteiger partial charge >= 0.3 is 0 Å². The van der Waals surface area contributed by atoms with E-state index in [1.165, 1.54) is 12.2 Å². The highest BCUT2D eigenvalue weighted by atomic mass is 32.2. The first-order chi connectivity index (χ1) is 6.81. The molecule has 3 atom stereocenters. The summed E-state index contributed by atoms with van der Waals surface area (Å²) in [6.45, 7) is 5.70. The molecule has 2 fully saturated rings. The van der Waals surface area contributed by atoms with Crippen molar-refractivity contribution in [3.63, 3.8) is 0 Å². The predicted molar refractivity (Wildman–Crippen MR) is 58.7 cm³/mol. The lowest BCUT2D eigenvalue weighted by Gasteiger charge is -2.24. The van der Waals surface area contributed by atoms with Gasteiger partial charge < -0.3 is 9.84 Å². The zero-order chi connectivity index (χ0) is 9.97. The summed E-state index contributed by atoms with van der Waals surface area (Å²) >= 11 is 2.04. The molecule has 0 aromatic rings. The van der Waals surface area contributed by atoms with Gasteiger partial charge in [-0.1, -0.05) is 6.92 Å². The molecule has 4 heteroatoms. The number of hydrogen-bond donors (Lipinski definition) is 1. The van der Waals surface area contributed by atoms with Crippen molar-refractivity contribution in [2.24, 2.45) is 0 Å².